The van der Waals surface area contributed by atoms with Crippen molar-refractivity contribution in [2.24, 2.45) is 0 Å². The van der Waals surface area contributed by atoms with E-state index in [0.29, 0.717) is 17.3 Å². The predicted octanol–water partition coefficient (Wildman–Crippen LogP) is 1.17. The molecule has 1 atom stereocenters. The monoisotopic (exact) mass is 374 g/mol. The molecule has 1 amide bonds. The number of carbonyl (C=O) groups excluding carboxylic acids is 2. The van der Waals surface area contributed by atoms with Gasteiger partial charge in [0.25, 0.3) is 11.5 Å². The first-order valence-corrected chi connectivity index (χ1v) is 9.83. The molecule has 3 heterocycles. The normalized spacial score (nSPS) is 22.6. The average Bonchev–Trinajstić information content (AvgIpc) is 2.62. The molecule has 0 saturated carbocycles. The molecular formula is C20H30N4O3. The molecule has 1 aromatic heterocycles. The Kier molecular flexibility index (Phi) is 6.11. The molecular weight excluding hydrogens is 344 g/mol. The third kappa shape index (κ3) is 4.65. The average molecular weight is 374 g/mol. The van der Waals surface area contributed by atoms with Gasteiger partial charge in [0.05, 0.1) is 0 Å². The molecule has 0 aromatic carbocycles. The van der Waals surface area contributed by atoms with Gasteiger partial charge in [-0.15, -0.1) is 0 Å². The number of aryl methyl sites for hydroxylation is 1. The molecule has 7 heteroatoms. The highest BCUT2D eigenvalue weighted by Gasteiger charge is 2.29. The van der Waals surface area contributed by atoms with Gasteiger partial charge in [0.2, 0.25) is 0 Å². The van der Waals surface area contributed by atoms with Crippen molar-refractivity contribution in [1.82, 2.24) is 20.1 Å². The SMILES string of the molecule is CC(=O)c1cc(C(=O)NC2CCCN(C3CCN(C)CC3)C2)c(=O)[nH]c1C. The summed E-state index contributed by atoms with van der Waals surface area (Å²) >= 11 is 0. The van der Waals surface area contributed by atoms with E-state index in [0.717, 1.165) is 51.9 Å². The maximum absolute atomic E-state index is 12.7. The summed E-state index contributed by atoms with van der Waals surface area (Å²) in [6, 6.07) is 2.03. The van der Waals surface area contributed by atoms with Crippen molar-refractivity contribution in [3.05, 3.63) is 33.2 Å². The Morgan fingerprint density at radius 2 is 1.85 bits per heavy atom. The third-order valence-corrected chi connectivity index (χ3v) is 5.85. The standard InChI is InChI=1S/C20H30N4O3/c1-13-17(14(2)25)11-18(19(26)21-13)20(27)22-15-5-4-8-24(12-15)16-6-9-23(3)10-7-16/h11,15-16H,4-10,12H2,1-3H3,(H,21,26)(H,22,27). The van der Waals surface area contributed by atoms with E-state index >= 15 is 0 Å². The number of aromatic amines is 1. The van der Waals surface area contributed by atoms with E-state index in [2.05, 4.69) is 27.1 Å². The van der Waals surface area contributed by atoms with Crippen LogP contribution in [0.4, 0.5) is 0 Å². The Labute approximate surface area is 160 Å². The van der Waals surface area contributed by atoms with Crippen LogP contribution in [0, 0.1) is 6.92 Å². The Morgan fingerprint density at radius 1 is 1.15 bits per heavy atom. The minimum Gasteiger partial charge on any atom is -0.348 e. The Balaban J connectivity index is 1.66. The lowest BCUT2D eigenvalue weighted by Gasteiger charge is -2.41. The second-order valence-corrected chi connectivity index (χ2v) is 7.95. The number of hydrogen-bond acceptors (Lipinski definition) is 5. The summed E-state index contributed by atoms with van der Waals surface area (Å²) in [5.74, 6) is -0.558. The van der Waals surface area contributed by atoms with Crippen molar-refractivity contribution in [2.75, 3.05) is 33.2 Å². The molecule has 7 nitrogen and oxygen atoms in total. The van der Waals surface area contributed by atoms with Crippen molar-refractivity contribution in [2.45, 2.75) is 51.6 Å². The lowest BCUT2D eigenvalue weighted by molar-refractivity contribution is 0.0765. The first-order chi connectivity index (χ1) is 12.8. The largest absolute Gasteiger partial charge is 0.348 e. The van der Waals surface area contributed by atoms with Gasteiger partial charge in [-0.3, -0.25) is 19.3 Å². The van der Waals surface area contributed by atoms with E-state index in [-0.39, 0.29) is 17.4 Å². The quantitative estimate of drug-likeness (QED) is 0.773. The first kappa shape index (κ1) is 19.8. The molecule has 0 aliphatic carbocycles. The number of nitrogens with zero attached hydrogens (tertiary/aromatic N) is 2. The maximum Gasteiger partial charge on any atom is 0.261 e. The molecule has 2 fully saturated rings. The fraction of sp³-hybridized carbons (Fsp3) is 0.650. The van der Waals surface area contributed by atoms with Crippen LogP contribution in [0.1, 0.15) is 59.0 Å². The number of ketones is 1. The number of pyridine rings is 1. The molecule has 2 saturated heterocycles. The molecule has 2 aliphatic rings. The van der Waals surface area contributed by atoms with Crippen LogP contribution in [0.25, 0.3) is 0 Å². The number of likely N-dealkylation sites (tertiary alicyclic amines) is 2. The van der Waals surface area contributed by atoms with Gasteiger partial charge in [-0.1, -0.05) is 0 Å². The topological polar surface area (TPSA) is 85.5 Å². The Morgan fingerprint density at radius 3 is 2.52 bits per heavy atom. The number of aromatic nitrogens is 1. The zero-order chi connectivity index (χ0) is 19.6. The smallest absolute Gasteiger partial charge is 0.261 e. The van der Waals surface area contributed by atoms with Gasteiger partial charge in [0.1, 0.15) is 5.56 Å². The van der Waals surface area contributed by atoms with Gasteiger partial charge in [-0.25, -0.2) is 0 Å². The second-order valence-electron chi connectivity index (χ2n) is 7.95. The number of amides is 1. The van der Waals surface area contributed by atoms with Crippen molar-refractivity contribution in [3.63, 3.8) is 0 Å². The van der Waals surface area contributed by atoms with Crippen molar-refractivity contribution in [1.29, 1.82) is 0 Å². The van der Waals surface area contributed by atoms with E-state index in [4.69, 9.17) is 0 Å². The van der Waals surface area contributed by atoms with Crippen LogP contribution in [0.3, 0.4) is 0 Å². The van der Waals surface area contributed by atoms with E-state index in [9.17, 15) is 14.4 Å². The molecule has 3 rings (SSSR count). The number of H-pyrrole nitrogens is 1. The fourth-order valence-corrected chi connectivity index (χ4v) is 4.24. The van der Waals surface area contributed by atoms with Gasteiger partial charge in [-0.05, 0) is 72.3 Å². The number of piperidine rings is 2. The number of nitrogens with one attached hydrogen (secondary N) is 2. The molecule has 27 heavy (non-hydrogen) atoms. The summed E-state index contributed by atoms with van der Waals surface area (Å²) in [7, 11) is 2.16. The summed E-state index contributed by atoms with van der Waals surface area (Å²) in [4.78, 5) is 44.1. The maximum atomic E-state index is 12.7. The van der Waals surface area contributed by atoms with Gasteiger partial charge >= 0.3 is 0 Å². The molecule has 1 unspecified atom stereocenters. The highest BCUT2D eigenvalue weighted by atomic mass is 16.2. The van der Waals surface area contributed by atoms with Gasteiger partial charge in [0, 0.05) is 29.9 Å². The summed E-state index contributed by atoms with van der Waals surface area (Å²) < 4.78 is 0. The highest BCUT2D eigenvalue weighted by molar-refractivity contribution is 6.00. The minimum atomic E-state index is -0.446. The molecule has 2 aliphatic heterocycles. The molecule has 0 radical (unpaired) electrons. The van der Waals surface area contributed by atoms with Crippen LogP contribution in [-0.4, -0.2) is 71.8 Å². The molecule has 0 bridgehead atoms. The zero-order valence-electron chi connectivity index (χ0n) is 16.5. The number of carbonyl (C=O) groups is 2. The van der Waals surface area contributed by atoms with E-state index in [1.807, 2.05) is 0 Å². The highest BCUT2D eigenvalue weighted by Crippen LogP contribution is 2.20. The molecule has 2 N–H and O–H groups in total. The summed E-state index contributed by atoms with van der Waals surface area (Å²) in [5, 5.41) is 3.02. The zero-order valence-corrected chi connectivity index (χ0v) is 16.5. The van der Waals surface area contributed by atoms with E-state index in [1.54, 1.807) is 6.92 Å². The predicted molar refractivity (Wildman–Crippen MR) is 104 cm³/mol. The third-order valence-electron chi connectivity index (χ3n) is 5.85. The lowest BCUT2D eigenvalue weighted by atomic mass is 9.98. The number of rotatable bonds is 4. The van der Waals surface area contributed by atoms with E-state index in [1.165, 1.54) is 13.0 Å². The van der Waals surface area contributed by atoms with Crippen LogP contribution >= 0.6 is 0 Å². The number of hydrogen-bond donors (Lipinski definition) is 2. The van der Waals surface area contributed by atoms with Crippen LogP contribution in [-0.2, 0) is 0 Å². The van der Waals surface area contributed by atoms with Gasteiger partial charge in [-0.2, -0.15) is 0 Å². The summed E-state index contributed by atoms with van der Waals surface area (Å²) in [6.07, 6.45) is 4.28. The summed E-state index contributed by atoms with van der Waals surface area (Å²) in [6.45, 7) is 7.22. The Bertz CT molecular complexity index is 765. The molecule has 0 spiro atoms. The lowest BCUT2D eigenvalue weighted by Crippen LogP contribution is -2.53. The van der Waals surface area contributed by atoms with Crippen molar-refractivity contribution >= 4 is 11.7 Å². The van der Waals surface area contributed by atoms with Crippen LogP contribution in [0.2, 0.25) is 0 Å². The minimum absolute atomic E-state index is 0.0159. The van der Waals surface area contributed by atoms with E-state index < -0.39 is 11.5 Å². The number of Topliss-reactive ketones (excluding diaryl/α,β-unsaturated/α-hetero) is 1. The van der Waals surface area contributed by atoms with Crippen molar-refractivity contribution in [3.8, 4) is 0 Å². The van der Waals surface area contributed by atoms with Crippen LogP contribution < -0.4 is 10.9 Å². The fourth-order valence-electron chi connectivity index (χ4n) is 4.24. The summed E-state index contributed by atoms with van der Waals surface area (Å²) in [5.41, 5.74) is 0.451. The molecule has 148 valence electrons. The van der Waals surface area contributed by atoms with Crippen molar-refractivity contribution < 1.29 is 9.59 Å². The van der Waals surface area contributed by atoms with Crippen LogP contribution in [0.5, 0.6) is 0 Å². The van der Waals surface area contributed by atoms with Gasteiger partial charge in [0.15, 0.2) is 5.78 Å². The van der Waals surface area contributed by atoms with Gasteiger partial charge < -0.3 is 15.2 Å². The first-order valence-electron chi connectivity index (χ1n) is 9.83. The van der Waals surface area contributed by atoms with Crippen LogP contribution in [0.15, 0.2) is 10.9 Å². The second kappa shape index (κ2) is 8.35. The Hall–Kier alpha value is -1.99. The molecule has 1 aromatic rings.